The van der Waals surface area contributed by atoms with Crippen molar-refractivity contribution in [1.82, 2.24) is 30.0 Å². The summed E-state index contributed by atoms with van der Waals surface area (Å²) in [5.41, 5.74) is 0.818. The molecule has 0 aliphatic carbocycles. The first-order valence-electron chi connectivity index (χ1n) is 9.60. The Morgan fingerprint density at radius 1 is 1.06 bits per heavy atom. The molecule has 4 rings (SSSR count). The fourth-order valence-corrected chi connectivity index (χ4v) is 4.07. The summed E-state index contributed by atoms with van der Waals surface area (Å²) in [4.78, 5) is 16.9. The van der Waals surface area contributed by atoms with Crippen LogP contribution in [0.2, 0.25) is 0 Å². The third kappa shape index (κ3) is 5.05. The van der Waals surface area contributed by atoms with E-state index in [1.54, 1.807) is 35.2 Å². The van der Waals surface area contributed by atoms with E-state index in [-0.39, 0.29) is 22.2 Å². The zero-order valence-corrected chi connectivity index (χ0v) is 17.2. The summed E-state index contributed by atoms with van der Waals surface area (Å²) in [7, 11) is 0. The normalized spacial score (nSPS) is 14.9. The molecule has 162 valence electrons. The molecule has 0 unspecified atom stereocenters. The third-order valence-corrected chi connectivity index (χ3v) is 5.73. The lowest BCUT2D eigenvalue weighted by molar-refractivity contribution is 0.0621. The van der Waals surface area contributed by atoms with Crippen molar-refractivity contribution in [3.8, 4) is 5.69 Å². The van der Waals surface area contributed by atoms with Gasteiger partial charge in [-0.1, -0.05) is 30.0 Å². The standard InChI is InChI=1S/C20H19F3N6OS/c21-14-4-3-5-15(12-14)29-18(24-25-26-29)13-27-8-10-28(11-9-27)19(30)16-6-1-2-7-17(16)31-20(22)23/h1-7,12,20H,8-11,13H2. The predicted molar refractivity (Wildman–Crippen MR) is 109 cm³/mol. The van der Waals surface area contributed by atoms with Crippen LogP contribution in [-0.2, 0) is 6.54 Å². The van der Waals surface area contributed by atoms with Gasteiger partial charge in [0.05, 0.1) is 17.8 Å². The molecule has 0 bridgehead atoms. The maximum atomic E-state index is 13.5. The second-order valence-electron chi connectivity index (χ2n) is 6.93. The van der Waals surface area contributed by atoms with Gasteiger partial charge in [0.25, 0.3) is 11.7 Å². The molecule has 2 aromatic carbocycles. The minimum absolute atomic E-state index is 0.256. The van der Waals surface area contributed by atoms with Crippen LogP contribution >= 0.6 is 11.8 Å². The number of thioether (sulfide) groups is 1. The summed E-state index contributed by atoms with van der Waals surface area (Å²) in [6.45, 7) is 2.49. The van der Waals surface area contributed by atoms with E-state index in [1.165, 1.54) is 22.9 Å². The van der Waals surface area contributed by atoms with Crippen LogP contribution in [0.5, 0.6) is 0 Å². The predicted octanol–water partition coefficient (Wildman–Crippen LogP) is 3.07. The monoisotopic (exact) mass is 448 g/mol. The number of carbonyl (C=O) groups excluding carboxylic acids is 1. The minimum Gasteiger partial charge on any atom is -0.336 e. The maximum Gasteiger partial charge on any atom is 0.288 e. The van der Waals surface area contributed by atoms with Crippen LogP contribution in [0, 0.1) is 5.82 Å². The SMILES string of the molecule is O=C(c1ccccc1SC(F)F)N1CCN(Cc2nnnn2-c2cccc(F)c2)CC1. The lowest BCUT2D eigenvalue weighted by atomic mass is 10.2. The highest BCUT2D eigenvalue weighted by atomic mass is 32.2. The van der Waals surface area contributed by atoms with Crippen molar-refractivity contribution in [2.75, 3.05) is 26.2 Å². The Morgan fingerprint density at radius 2 is 1.84 bits per heavy atom. The molecule has 0 N–H and O–H groups in total. The van der Waals surface area contributed by atoms with Crippen LogP contribution in [0.4, 0.5) is 13.2 Å². The van der Waals surface area contributed by atoms with Crippen molar-refractivity contribution >= 4 is 17.7 Å². The van der Waals surface area contributed by atoms with Crippen molar-refractivity contribution in [3.05, 3.63) is 65.7 Å². The molecule has 1 aliphatic heterocycles. The zero-order valence-electron chi connectivity index (χ0n) is 16.4. The number of carbonyl (C=O) groups is 1. The van der Waals surface area contributed by atoms with Gasteiger partial charge in [-0.3, -0.25) is 9.69 Å². The van der Waals surface area contributed by atoms with Gasteiger partial charge in [-0.25, -0.2) is 4.39 Å². The molecular formula is C20H19F3N6OS. The summed E-state index contributed by atoms with van der Waals surface area (Å²) in [6, 6.07) is 12.4. The first-order chi connectivity index (χ1) is 15.0. The van der Waals surface area contributed by atoms with Crippen molar-refractivity contribution in [2.24, 2.45) is 0 Å². The van der Waals surface area contributed by atoms with Gasteiger partial charge in [-0.05, 0) is 40.8 Å². The van der Waals surface area contributed by atoms with Gasteiger partial charge >= 0.3 is 0 Å². The number of halogens is 3. The van der Waals surface area contributed by atoms with Gasteiger partial charge in [-0.15, -0.1) is 5.10 Å². The van der Waals surface area contributed by atoms with Crippen LogP contribution in [0.1, 0.15) is 16.2 Å². The average Bonchev–Trinajstić information content (AvgIpc) is 3.22. The highest BCUT2D eigenvalue weighted by Gasteiger charge is 2.25. The number of aromatic nitrogens is 4. The van der Waals surface area contributed by atoms with E-state index in [1.807, 2.05) is 0 Å². The van der Waals surface area contributed by atoms with Crippen LogP contribution in [0.25, 0.3) is 5.69 Å². The average molecular weight is 448 g/mol. The summed E-state index contributed by atoms with van der Waals surface area (Å²) in [6.07, 6.45) is 0. The summed E-state index contributed by atoms with van der Waals surface area (Å²) in [5.74, 6) is -2.66. The van der Waals surface area contributed by atoms with Gasteiger partial charge < -0.3 is 4.90 Å². The Morgan fingerprint density at radius 3 is 2.58 bits per heavy atom. The lowest BCUT2D eigenvalue weighted by Crippen LogP contribution is -2.48. The number of amides is 1. The first-order valence-corrected chi connectivity index (χ1v) is 10.5. The molecule has 0 saturated carbocycles. The Bertz CT molecular complexity index is 1050. The first kappa shape index (κ1) is 21.3. The molecule has 3 aromatic rings. The fraction of sp³-hybridized carbons (Fsp3) is 0.300. The molecule has 1 amide bonds. The third-order valence-electron chi connectivity index (χ3n) is 4.94. The molecule has 0 spiro atoms. The van der Waals surface area contributed by atoms with Crippen molar-refractivity contribution in [3.63, 3.8) is 0 Å². The van der Waals surface area contributed by atoms with Gasteiger partial charge in [0.1, 0.15) is 5.82 Å². The number of piperazine rings is 1. The number of hydrogen-bond acceptors (Lipinski definition) is 6. The van der Waals surface area contributed by atoms with Gasteiger partial charge in [0.2, 0.25) is 0 Å². The number of rotatable bonds is 6. The van der Waals surface area contributed by atoms with Crippen LogP contribution in [0.15, 0.2) is 53.4 Å². The van der Waals surface area contributed by atoms with Crippen LogP contribution in [-0.4, -0.2) is 67.9 Å². The number of nitrogens with zero attached hydrogens (tertiary/aromatic N) is 6. The number of hydrogen-bond donors (Lipinski definition) is 0. The van der Waals surface area contributed by atoms with E-state index in [0.717, 1.165) is 0 Å². The second-order valence-corrected chi connectivity index (χ2v) is 7.96. The Balaban J connectivity index is 1.39. The van der Waals surface area contributed by atoms with E-state index < -0.39 is 5.76 Å². The second kappa shape index (κ2) is 9.48. The smallest absolute Gasteiger partial charge is 0.288 e. The Kier molecular flexibility index (Phi) is 6.52. The van der Waals surface area contributed by atoms with Gasteiger partial charge in [0.15, 0.2) is 5.82 Å². The van der Waals surface area contributed by atoms with Crippen molar-refractivity contribution < 1.29 is 18.0 Å². The van der Waals surface area contributed by atoms with Gasteiger partial charge in [0, 0.05) is 31.1 Å². The van der Waals surface area contributed by atoms with Crippen LogP contribution in [0.3, 0.4) is 0 Å². The molecule has 1 saturated heterocycles. The number of benzene rings is 2. The van der Waals surface area contributed by atoms with E-state index >= 15 is 0 Å². The minimum atomic E-state index is -2.59. The molecule has 31 heavy (non-hydrogen) atoms. The lowest BCUT2D eigenvalue weighted by Gasteiger charge is -2.34. The van der Waals surface area contributed by atoms with E-state index in [0.29, 0.717) is 56.0 Å². The zero-order chi connectivity index (χ0) is 21.8. The van der Waals surface area contributed by atoms with Crippen LogP contribution < -0.4 is 0 Å². The number of tetrazole rings is 1. The van der Waals surface area contributed by atoms with Crippen molar-refractivity contribution in [1.29, 1.82) is 0 Å². The molecule has 11 heteroatoms. The maximum absolute atomic E-state index is 13.5. The Hall–Kier alpha value is -2.92. The molecule has 7 nitrogen and oxygen atoms in total. The van der Waals surface area contributed by atoms with E-state index in [9.17, 15) is 18.0 Å². The molecule has 1 aliphatic rings. The Labute approximate surface area is 180 Å². The topological polar surface area (TPSA) is 67.2 Å². The van der Waals surface area contributed by atoms with Gasteiger partial charge in [-0.2, -0.15) is 13.5 Å². The molecule has 1 fully saturated rings. The molecule has 0 radical (unpaired) electrons. The summed E-state index contributed by atoms with van der Waals surface area (Å²) in [5, 5.41) is 11.7. The quantitative estimate of drug-likeness (QED) is 0.540. The number of alkyl halides is 2. The van der Waals surface area contributed by atoms with Crippen molar-refractivity contribution in [2.45, 2.75) is 17.2 Å². The molecule has 1 aromatic heterocycles. The highest BCUT2D eigenvalue weighted by Crippen LogP contribution is 2.29. The molecular weight excluding hydrogens is 429 g/mol. The summed E-state index contributed by atoms with van der Waals surface area (Å²) >= 11 is 0.378. The van der Waals surface area contributed by atoms with E-state index in [4.69, 9.17) is 0 Å². The molecule has 0 atom stereocenters. The highest BCUT2D eigenvalue weighted by molar-refractivity contribution is 7.99. The fourth-order valence-electron chi connectivity index (χ4n) is 3.43. The summed E-state index contributed by atoms with van der Waals surface area (Å²) < 4.78 is 40.6. The van der Waals surface area contributed by atoms with E-state index in [2.05, 4.69) is 20.4 Å². The largest absolute Gasteiger partial charge is 0.336 e. The molecule has 2 heterocycles.